The molecule has 0 spiro atoms. The standard InChI is InChI=1S/C14H13ClN2O2/c1-9-2-4-10(5-3-9)7-16-13(18)12-6-11(15)8-17-14(12)19/h2-6,8H,7H2,1H3,(H,16,18)(H,17,19). The third-order valence-electron chi connectivity index (χ3n) is 2.69. The minimum absolute atomic E-state index is 0.0135. The van der Waals surface area contributed by atoms with E-state index in [0.717, 1.165) is 11.1 Å². The molecule has 19 heavy (non-hydrogen) atoms. The van der Waals surface area contributed by atoms with Crippen LogP contribution in [0.5, 0.6) is 0 Å². The van der Waals surface area contributed by atoms with Gasteiger partial charge in [-0.25, -0.2) is 0 Å². The van der Waals surface area contributed by atoms with Crippen LogP contribution in [0.1, 0.15) is 21.5 Å². The molecule has 1 amide bonds. The van der Waals surface area contributed by atoms with E-state index in [1.165, 1.54) is 12.3 Å². The van der Waals surface area contributed by atoms with E-state index >= 15 is 0 Å². The Morgan fingerprint density at radius 1 is 1.32 bits per heavy atom. The summed E-state index contributed by atoms with van der Waals surface area (Å²) in [7, 11) is 0. The van der Waals surface area contributed by atoms with Crippen molar-refractivity contribution in [2.75, 3.05) is 0 Å². The van der Waals surface area contributed by atoms with Gasteiger partial charge in [0.2, 0.25) is 0 Å². The Morgan fingerprint density at radius 2 is 2.00 bits per heavy atom. The van der Waals surface area contributed by atoms with Crippen LogP contribution in [-0.2, 0) is 6.54 Å². The monoisotopic (exact) mass is 276 g/mol. The fraction of sp³-hybridized carbons (Fsp3) is 0.143. The minimum atomic E-state index is -0.453. The number of benzene rings is 1. The summed E-state index contributed by atoms with van der Waals surface area (Å²) in [6.45, 7) is 2.36. The number of aryl methyl sites for hydroxylation is 1. The van der Waals surface area contributed by atoms with E-state index in [1.807, 2.05) is 31.2 Å². The molecule has 1 aromatic carbocycles. The quantitative estimate of drug-likeness (QED) is 0.903. The summed E-state index contributed by atoms with van der Waals surface area (Å²) in [5, 5.41) is 3.00. The zero-order valence-electron chi connectivity index (χ0n) is 10.4. The number of carbonyl (C=O) groups is 1. The number of aromatic amines is 1. The number of nitrogens with one attached hydrogen (secondary N) is 2. The Labute approximate surface area is 115 Å². The lowest BCUT2D eigenvalue weighted by atomic mass is 10.1. The molecule has 0 atom stereocenters. The van der Waals surface area contributed by atoms with Gasteiger partial charge < -0.3 is 10.3 Å². The number of hydrogen-bond acceptors (Lipinski definition) is 2. The van der Waals surface area contributed by atoms with E-state index in [9.17, 15) is 9.59 Å². The van der Waals surface area contributed by atoms with Crippen molar-refractivity contribution >= 4 is 17.5 Å². The fourth-order valence-corrected chi connectivity index (χ4v) is 1.77. The minimum Gasteiger partial charge on any atom is -0.348 e. The first-order valence-electron chi connectivity index (χ1n) is 5.78. The molecule has 0 unspecified atom stereocenters. The second-order valence-electron chi connectivity index (χ2n) is 4.23. The van der Waals surface area contributed by atoms with Crippen molar-refractivity contribution in [2.24, 2.45) is 0 Å². The van der Waals surface area contributed by atoms with E-state index in [0.29, 0.717) is 11.6 Å². The molecular weight excluding hydrogens is 264 g/mol. The summed E-state index contributed by atoms with van der Waals surface area (Å²) < 4.78 is 0. The maximum absolute atomic E-state index is 11.9. The average Bonchev–Trinajstić information content (AvgIpc) is 2.40. The first-order chi connectivity index (χ1) is 9.06. The molecule has 1 heterocycles. The molecule has 0 saturated heterocycles. The molecule has 1 aromatic heterocycles. The highest BCUT2D eigenvalue weighted by molar-refractivity contribution is 6.30. The van der Waals surface area contributed by atoms with E-state index in [2.05, 4.69) is 10.3 Å². The third kappa shape index (κ3) is 3.45. The van der Waals surface area contributed by atoms with Gasteiger partial charge in [-0.3, -0.25) is 9.59 Å². The Morgan fingerprint density at radius 3 is 2.68 bits per heavy atom. The molecule has 98 valence electrons. The molecule has 0 fully saturated rings. The van der Waals surface area contributed by atoms with Crippen molar-refractivity contribution in [1.29, 1.82) is 0 Å². The Bertz CT molecular complexity index is 647. The summed E-state index contributed by atoms with van der Waals surface area (Å²) in [5.41, 5.74) is 1.68. The van der Waals surface area contributed by atoms with Crippen molar-refractivity contribution < 1.29 is 4.79 Å². The molecule has 0 aliphatic heterocycles. The second kappa shape index (κ2) is 5.71. The highest BCUT2D eigenvalue weighted by Crippen LogP contribution is 2.06. The normalized spacial score (nSPS) is 10.2. The van der Waals surface area contributed by atoms with Crippen molar-refractivity contribution in [3.8, 4) is 0 Å². The smallest absolute Gasteiger partial charge is 0.260 e. The summed E-state index contributed by atoms with van der Waals surface area (Å²) in [6.07, 6.45) is 1.35. The van der Waals surface area contributed by atoms with Crippen LogP contribution in [0, 0.1) is 6.92 Å². The van der Waals surface area contributed by atoms with Gasteiger partial charge in [0.15, 0.2) is 0 Å². The topological polar surface area (TPSA) is 62.0 Å². The molecular formula is C14H13ClN2O2. The van der Waals surface area contributed by atoms with Gasteiger partial charge in [0.05, 0.1) is 5.02 Å². The van der Waals surface area contributed by atoms with Gasteiger partial charge in [0, 0.05) is 12.7 Å². The number of amides is 1. The lowest BCUT2D eigenvalue weighted by Gasteiger charge is -2.05. The summed E-state index contributed by atoms with van der Waals surface area (Å²) in [5.74, 6) is -0.440. The SMILES string of the molecule is Cc1ccc(CNC(=O)c2cc(Cl)c[nH]c2=O)cc1. The summed E-state index contributed by atoms with van der Waals surface area (Å²) in [6, 6.07) is 9.14. The number of halogens is 1. The lowest BCUT2D eigenvalue weighted by Crippen LogP contribution is -2.29. The van der Waals surface area contributed by atoms with Crippen molar-refractivity contribution in [3.63, 3.8) is 0 Å². The molecule has 0 radical (unpaired) electrons. The molecule has 0 aliphatic carbocycles. The lowest BCUT2D eigenvalue weighted by molar-refractivity contribution is 0.0949. The van der Waals surface area contributed by atoms with Gasteiger partial charge in [-0.15, -0.1) is 0 Å². The maximum atomic E-state index is 11.9. The second-order valence-corrected chi connectivity index (χ2v) is 4.67. The zero-order chi connectivity index (χ0) is 13.8. The maximum Gasteiger partial charge on any atom is 0.260 e. The highest BCUT2D eigenvalue weighted by Gasteiger charge is 2.10. The first-order valence-corrected chi connectivity index (χ1v) is 6.16. The van der Waals surface area contributed by atoms with Crippen LogP contribution in [0.3, 0.4) is 0 Å². The summed E-state index contributed by atoms with van der Waals surface area (Å²) in [4.78, 5) is 25.8. The predicted octanol–water partition coefficient (Wildman–Crippen LogP) is 2.27. The Kier molecular flexibility index (Phi) is 4.02. The Balaban J connectivity index is 2.07. The van der Waals surface area contributed by atoms with E-state index in [1.54, 1.807) is 0 Å². The molecule has 5 heteroatoms. The van der Waals surface area contributed by atoms with Gasteiger partial charge in [-0.2, -0.15) is 0 Å². The third-order valence-corrected chi connectivity index (χ3v) is 2.90. The van der Waals surface area contributed by atoms with Crippen LogP contribution in [0.15, 0.2) is 41.3 Å². The van der Waals surface area contributed by atoms with Crippen molar-refractivity contribution in [3.05, 3.63) is 68.6 Å². The molecule has 2 N–H and O–H groups in total. The van der Waals surface area contributed by atoms with Gasteiger partial charge in [-0.1, -0.05) is 41.4 Å². The van der Waals surface area contributed by atoms with Crippen LogP contribution in [0.2, 0.25) is 5.02 Å². The van der Waals surface area contributed by atoms with Crippen molar-refractivity contribution in [1.82, 2.24) is 10.3 Å². The molecule has 2 rings (SSSR count). The number of carbonyl (C=O) groups excluding carboxylic acids is 1. The predicted molar refractivity (Wildman–Crippen MR) is 74.4 cm³/mol. The van der Waals surface area contributed by atoms with Crippen LogP contribution < -0.4 is 10.9 Å². The van der Waals surface area contributed by atoms with Gasteiger partial charge >= 0.3 is 0 Å². The molecule has 0 aliphatic rings. The highest BCUT2D eigenvalue weighted by atomic mass is 35.5. The van der Waals surface area contributed by atoms with Crippen LogP contribution in [0.4, 0.5) is 0 Å². The number of pyridine rings is 1. The average molecular weight is 277 g/mol. The van der Waals surface area contributed by atoms with E-state index in [-0.39, 0.29) is 5.56 Å². The van der Waals surface area contributed by atoms with E-state index in [4.69, 9.17) is 11.6 Å². The first kappa shape index (κ1) is 13.4. The van der Waals surface area contributed by atoms with Gasteiger partial charge in [0.25, 0.3) is 11.5 Å². The molecule has 0 saturated carbocycles. The van der Waals surface area contributed by atoms with Crippen LogP contribution in [-0.4, -0.2) is 10.9 Å². The van der Waals surface area contributed by atoms with E-state index < -0.39 is 11.5 Å². The molecule has 4 nitrogen and oxygen atoms in total. The number of H-pyrrole nitrogens is 1. The fourth-order valence-electron chi connectivity index (χ4n) is 1.61. The van der Waals surface area contributed by atoms with Crippen molar-refractivity contribution in [2.45, 2.75) is 13.5 Å². The van der Waals surface area contributed by atoms with Crippen LogP contribution in [0.25, 0.3) is 0 Å². The largest absolute Gasteiger partial charge is 0.348 e. The van der Waals surface area contributed by atoms with Gasteiger partial charge in [-0.05, 0) is 18.6 Å². The zero-order valence-corrected chi connectivity index (χ0v) is 11.1. The van der Waals surface area contributed by atoms with Crippen LogP contribution >= 0.6 is 11.6 Å². The number of rotatable bonds is 3. The summed E-state index contributed by atoms with van der Waals surface area (Å²) >= 11 is 5.75. The molecule has 2 aromatic rings. The Hall–Kier alpha value is -2.07. The molecule has 0 bridgehead atoms. The number of hydrogen-bond donors (Lipinski definition) is 2. The number of aromatic nitrogens is 1. The van der Waals surface area contributed by atoms with Gasteiger partial charge in [0.1, 0.15) is 5.56 Å².